The van der Waals surface area contributed by atoms with Crippen molar-refractivity contribution in [3.05, 3.63) is 99.8 Å². The number of aliphatic hydroxyl groups is 2. The fourth-order valence-corrected chi connectivity index (χ4v) is 5.95. The molecule has 0 spiro atoms. The molecule has 0 unspecified atom stereocenters. The molecule has 5 rings (SSSR count). The minimum absolute atomic E-state index is 0.326. The maximum atomic E-state index is 11.7. The van der Waals surface area contributed by atoms with Crippen LogP contribution in [0.3, 0.4) is 0 Å². The third kappa shape index (κ3) is 5.13. The number of halogens is 1. The molecule has 2 aliphatic heterocycles. The Morgan fingerprint density at radius 3 is 2.58 bits per heavy atom. The smallest absolute Gasteiger partial charge is 0.131 e. The summed E-state index contributed by atoms with van der Waals surface area (Å²) in [7, 11) is 0. The summed E-state index contributed by atoms with van der Waals surface area (Å²) in [6, 6.07) is 17.6. The molecule has 2 aromatic carbocycles. The number of likely N-dealkylation sites (tertiary alicyclic amines) is 1. The molecule has 2 aliphatic rings. The third-order valence-corrected chi connectivity index (χ3v) is 8.42. The summed E-state index contributed by atoms with van der Waals surface area (Å²) < 4.78 is 6.14. The van der Waals surface area contributed by atoms with E-state index in [9.17, 15) is 10.2 Å². The van der Waals surface area contributed by atoms with Crippen LogP contribution in [0.25, 0.3) is 5.57 Å². The van der Waals surface area contributed by atoms with E-state index in [-0.39, 0.29) is 5.41 Å². The van der Waals surface area contributed by atoms with E-state index in [1.165, 1.54) is 0 Å². The first-order valence-electron chi connectivity index (χ1n) is 13.3. The normalized spacial score (nSPS) is 22.3. The van der Waals surface area contributed by atoms with Gasteiger partial charge in [-0.3, -0.25) is 4.98 Å². The van der Waals surface area contributed by atoms with Crippen molar-refractivity contribution in [1.82, 2.24) is 9.88 Å². The van der Waals surface area contributed by atoms with Crippen LogP contribution < -0.4 is 4.74 Å². The number of hydrogen-bond donors (Lipinski definition) is 2. The van der Waals surface area contributed by atoms with Gasteiger partial charge in [0.15, 0.2) is 0 Å². The topological polar surface area (TPSA) is 65.8 Å². The molecule has 2 N–H and O–H groups in total. The van der Waals surface area contributed by atoms with Gasteiger partial charge in [0.1, 0.15) is 12.4 Å². The second-order valence-corrected chi connectivity index (χ2v) is 12.2. The van der Waals surface area contributed by atoms with Crippen molar-refractivity contribution in [3.63, 3.8) is 0 Å². The number of piperidine rings is 1. The van der Waals surface area contributed by atoms with Crippen LogP contribution in [0.5, 0.6) is 5.75 Å². The Kier molecular flexibility index (Phi) is 7.16. The maximum Gasteiger partial charge on any atom is 0.131 e. The fraction of sp³-hybridized carbons (Fsp3) is 0.406. The molecule has 0 amide bonds. The molecular formula is C32H37ClN2O3. The lowest BCUT2D eigenvalue weighted by Gasteiger charge is -2.50. The van der Waals surface area contributed by atoms with Gasteiger partial charge in [0, 0.05) is 47.4 Å². The van der Waals surface area contributed by atoms with Crippen LogP contribution in [0.2, 0.25) is 5.02 Å². The van der Waals surface area contributed by atoms with E-state index in [1.807, 2.05) is 48.5 Å². The van der Waals surface area contributed by atoms with Crippen molar-refractivity contribution in [2.75, 3.05) is 19.6 Å². The van der Waals surface area contributed by atoms with Gasteiger partial charge in [0.25, 0.3) is 0 Å². The molecule has 1 atom stereocenters. The third-order valence-electron chi connectivity index (χ3n) is 8.16. The SMILES string of the molecule is CC(C)(O)c1ccc2c(c1)/C(=C\CCN1CC[C@@](O)(c3ccc(Cl)cc3)C(C)(C)C1)c1cccnc1CO2. The van der Waals surface area contributed by atoms with Gasteiger partial charge >= 0.3 is 0 Å². The standard InChI is InChI=1S/C32H37ClN2O3/c1-30(2)21-35(18-15-32(30,37)22-9-12-24(33)13-10-22)17-6-8-25-26-7-5-16-34-28(26)20-38-29-14-11-23(19-27(25)29)31(3,4)36/h5,7-14,16,19,36-37H,6,15,17-18,20-21H2,1-4H3/b25-8-/t32-/m1/s1. The number of ether oxygens (including phenoxy) is 1. The van der Waals surface area contributed by atoms with Crippen molar-refractivity contribution in [2.45, 2.75) is 58.3 Å². The van der Waals surface area contributed by atoms with Crippen LogP contribution >= 0.6 is 11.6 Å². The van der Waals surface area contributed by atoms with E-state index in [2.05, 4.69) is 35.9 Å². The number of hydrogen-bond acceptors (Lipinski definition) is 5. The average molecular weight is 533 g/mol. The van der Waals surface area contributed by atoms with Crippen LogP contribution in [-0.4, -0.2) is 39.7 Å². The number of nitrogens with zero attached hydrogens (tertiary/aromatic N) is 2. The van der Waals surface area contributed by atoms with Gasteiger partial charge in [-0.05, 0) is 73.7 Å². The molecule has 5 nitrogen and oxygen atoms in total. The minimum Gasteiger partial charge on any atom is -0.487 e. The molecular weight excluding hydrogens is 496 g/mol. The molecule has 200 valence electrons. The van der Waals surface area contributed by atoms with Crippen molar-refractivity contribution < 1.29 is 14.9 Å². The summed E-state index contributed by atoms with van der Waals surface area (Å²) in [4.78, 5) is 7.03. The van der Waals surface area contributed by atoms with Gasteiger partial charge in [-0.25, -0.2) is 0 Å². The Morgan fingerprint density at radius 2 is 1.87 bits per heavy atom. The lowest BCUT2D eigenvalue weighted by atomic mass is 9.66. The summed E-state index contributed by atoms with van der Waals surface area (Å²) in [5, 5.41) is 23.1. The monoisotopic (exact) mass is 532 g/mol. The summed E-state index contributed by atoms with van der Waals surface area (Å²) >= 11 is 6.10. The number of fused-ring (bicyclic) bond motifs is 2. The van der Waals surface area contributed by atoms with Crippen LogP contribution in [0, 0.1) is 5.41 Å². The lowest BCUT2D eigenvalue weighted by molar-refractivity contribution is -0.125. The van der Waals surface area contributed by atoms with Gasteiger partial charge in [-0.2, -0.15) is 0 Å². The van der Waals surface area contributed by atoms with Crippen LogP contribution in [0.1, 0.15) is 68.5 Å². The largest absolute Gasteiger partial charge is 0.487 e. The van der Waals surface area contributed by atoms with Gasteiger partial charge in [-0.15, -0.1) is 0 Å². The molecule has 0 bridgehead atoms. The number of pyridine rings is 1. The highest BCUT2D eigenvalue weighted by Crippen LogP contribution is 2.46. The van der Waals surface area contributed by atoms with Gasteiger partial charge in [0.2, 0.25) is 0 Å². The Morgan fingerprint density at radius 1 is 1.11 bits per heavy atom. The first-order valence-corrected chi connectivity index (χ1v) is 13.7. The zero-order chi connectivity index (χ0) is 27.1. The molecule has 38 heavy (non-hydrogen) atoms. The number of aromatic nitrogens is 1. The van der Waals surface area contributed by atoms with Crippen molar-refractivity contribution in [3.8, 4) is 5.75 Å². The molecule has 1 fully saturated rings. The van der Waals surface area contributed by atoms with E-state index in [1.54, 1.807) is 20.0 Å². The first-order chi connectivity index (χ1) is 18.0. The van der Waals surface area contributed by atoms with E-state index < -0.39 is 11.2 Å². The number of rotatable bonds is 5. The lowest BCUT2D eigenvalue weighted by Crippen LogP contribution is -2.55. The molecule has 3 heterocycles. The molecule has 0 saturated carbocycles. The maximum absolute atomic E-state index is 11.7. The highest BCUT2D eigenvalue weighted by molar-refractivity contribution is 6.30. The van der Waals surface area contributed by atoms with Crippen molar-refractivity contribution in [2.24, 2.45) is 5.41 Å². The van der Waals surface area contributed by atoms with Crippen LogP contribution in [0.15, 0.2) is 66.9 Å². The zero-order valence-corrected chi connectivity index (χ0v) is 23.4. The highest BCUT2D eigenvalue weighted by atomic mass is 35.5. The molecule has 6 heteroatoms. The summed E-state index contributed by atoms with van der Waals surface area (Å²) in [5.41, 5.74) is 3.63. The summed E-state index contributed by atoms with van der Waals surface area (Å²) in [5.74, 6) is 0.800. The number of benzene rings is 2. The Balaban J connectivity index is 1.39. The Hall–Kier alpha value is -2.70. The molecule has 0 aliphatic carbocycles. The second-order valence-electron chi connectivity index (χ2n) is 11.7. The Labute approximate surface area is 230 Å². The summed E-state index contributed by atoms with van der Waals surface area (Å²) in [6.07, 6.45) is 5.58. The summed E-state index contributed by atoms with van der Waals surface area (Å²) in [6.45, 7) is 10.8. The van der Waals surface area contributed by atoms with Crippen LogP contribution in [0.4, 0.5) is 0 Å². The van der Waals surface area contributed by atoms with Crippen LogP contribution in [-0.2, 0) is 17.8 Å². The Bertz CT molecular complexity index is 1340. The quantitative estimate of drug-likeness (QED) is 0.404. The molecule has 1 aromatic heterocycles. The molecule has 0 radical (unpaired) electrons. The second kappa shape index (κ2) is 10.1. The van der Waals surface area contributed by atoms with E-state index in [0.29, 0.717) is 18.1 Å². The predicted octanol–water partition coefficient (Wildman–Crippen LogP) is 6.30. The van der Waals surface area contributed by atoms with Crippen molar-refractivity contribution in [1.29, 1.82) is 0 Å². The highest BCUT2D eigenvalue weighted by Gasteiger charge is 2.48. The first kappa shape index (κ1) is 26.9. The van der Waals surface area contributed by atoms with E-state index in [4.69, 9.17) is 16.3 Å². The minimum atomic E-state index is -0.954. The van der Waals surface area contributed by atoms with Crippen molar-refractivity contribution >= 4 is 17.2 Å². The zero-order valence-electron chi connectivity index (χ0n) is 22.7. The fourth-order valence-electron chi connectivity index (χ4n) is 5.83. The van der Waals surface area contributed by atoms with E-state index in [0.717, 1.165) is 65.3 Å². The molecule has 1 saturated heterocycles. The molecule has 3 aromatic rings. The van der Waals surface area contributed by atoms with Gasteiger partial charge in [0.05, 0.1) is 16.9 Å². The van der Waals surface area contributed by atoms with E-state index >= 15 is 0 Å². The average Bonchev–Trinajstić information content (AvgIpc) is 3.02. The van der Waals surface area contributed by atoms with Gasteiger partial charge in [-0.1, -0.05) is 55.8 Å². The van der Waals surface area contributed by atoms with Gasteiger partial charge < -0.3 is 19.8 Å². The predicted molar refractivity (Wildman–Crippen MR) is 152 cm³/mol.